The first-order valence-corrected chi connectivity index (χ1v) is 15.6. The Hall–Kier alpha value is -4.14. The average molecular weight is 670 g/mol. The lowest BCUT2D eigenvalue weighted by molar-refractivity contribution is -0.123. The van der Waals surface area contributed by atoms with Crippen LogP contribution in [0.15, 0.2) is 88.9 Å². The van der Waals surface area contributed by atoms with Gasteiger partial charge in [-0.1, -0.05) is 51.3 Å². The normalized spacial score (nSPS) is 22.7. The molecule has 7 nitrogen and oxygen atoms in total. The van der Waals surface area contributed by atoms with E-state index in [-0.39, 0.29) is 46.8 Å². The van der Waals surface area contributed by atoms with Gasteiger partial charge in [0.25, 0.3) is 0 Å². The molecule has 9 heteroatoms. The molecule has 1 saturated heterocycles. The number of pyridine rings is 1. The van der Waals surface area contributed by atoms with Gasteiger partial charge in [-0.15, -0.1) is 0 Å². The van der Waals surface area contributed by atoms with E-state index in [9.17, 15) is 19.2 Å². The van der Waals surface area contributed by atoms with Crippen LogP contribution in [0.25, 0.3) is 22.2 Å². The highest BCUT2D eigenvalue weighted by Crippen LogP contribution is 2.56. The van der Waals surface area contributed by atoms with Crippen LogP contribution in [0.5, 0.6) is 0 Å². The van der Waals surface area contributed by atoms with E-state index in [4.69, 9.17) is 21.3 Å². The Morgan fingerprint density at radius 2 is 1.68 bits per heavy atom. The lowest BCUT2D eigenvalue weighted by Gasteiger charge is -2.19. The number of ether oxygens (including phenoxy) is 1. The number of benzene rings is 3. The summed E-state index contributed by atoms with van der Waals surface area (Å²) in [6.07, 6.45) is 2.00. The predicted molar refractivity (Wildman–Crippen MR) is 170 cm³/mol. The summed E-state index contributed by atoms with van der Waals surface area (Å²) in [5, 5.41) is 1.07. The molecule has 1 aliphatic heterocycles. The van der Waals surface area contributed by atoms with Crippen molar-refractivity contribution in [3.05, 3.63) is 105 Å². The number of Topliss-reactive ketones (excluding diaryl/α,β-unsaturated/α-hetero) is 1. The van der Waals surface area contributed by atoms with E-state index in [0.717, 1.165) is 10.9 Å². The number of hydrogen-bond donors (Lipinski definition) is 0. The molecule has 2 heterocycles. The second kappa shape index (κ2) is 10.8. The van der Waals surface area contributed by atoms with Crippen LogP contribution in [0, 0.1) is 23.7 Å². The number of nitrogens with zero attached hydrogens (tertiary/aromatic N) is 2. The van der Waals surface area contributed by atoms with Crippen molar-refractivity contribution in [3.8, 4) is 11.3 Å². The molecule has 0 N–H and O–H groups in total. The molecule has 3 aromatic carbocycles. The van der Waals surface area contributed by atoms with Gasteiger partial charge in [-0.05, 0) is 92.8 Å². The van der Waals surface area contributed by atoms with Gasteiger partial charge in [0.05, 0.1) is 34.3 Å². The number of imide groups is 1. The third-order valence-electron chi connectivity index (χ3n) is 9.07. The largest absolute Gasteiger partial charge is 0.451 e. The van der Waals surface area contributed by atoms with Crippen LogP contribution in [-0.4, -0.2) is 34.7 Å². The molecule has 4 aromatic rings. The molecule has 7 rings (SSSR count). The van der Waals surface area contributed by atoms with Crippen molar-refractivity contribution in [2.24, 2.45) is 23.7 Å². The van der Waals surface area contributed by atoms with E-state index in [1.54, 1.807) is 66.7 Å². The van der Waals surface area contributed by atoms with Crippen molar-refractivity contribution in [1.82, 2.24) is 4.98 Å². The number of carbonyl (C=O) groups excluding carboxylic acids is 4. The number of carbonyl (C=O) groups is 4. The summed E-state index contributed by atoms with van der Waals surface area (Å²) in [6.45, 7) is 3.58. The van der Waals surface area contributed by atoms with Crippen LogP contribution in [0.3, 0.4) is 0 Å². The van der Waals surface area contributed by atoms with E-state index in [2.05, 4.69) is 22.0 Å². The molecular weight excluding hydrogens is 644 g/mol. The highest BCUT2D eigenvalue weighted by atomic mass is 79.9. The lowest BCUT2D eigenvalue weighted by atomic mass is 9.82. The van der Waals surface area contributed by atoms with E-state index in [1.165, 1.54) is 17.4 Å². The zero-order valence-electron chi connectivity index (χ0n) is 23.8. The van der Waals surface area contributed by atoms with Crippen molar-refractivity contribution in [3.63, 3.8) is 0 Å². The highest BCUT2D eigenvalue weighted by molar-refractivity contribution is 9.10. The summed E-state index contributed by atoms with van der Waals surface area (Å²) in [5.41, 5.74) is 4.13. The monoisotopic (exact) mass is 668 g/mol. The maximum absolute atomic E-state index is 13.5. The number of halogens is 2. The molecule has 5 unspecified atom stereocenters. The van der Waals surface area contributed by atoms with Crippen molar-refractivity contribution in [1.29, 1.82) is 0 Å². The van der Waals surface area contributed by atoms with Gasteiger partial charge in [0.2, 0.25) is 17.6 Å². The maximum atomic E-state index is 13.5. The van der Waals surface area contributed by atoms with Gasteiger partial charge in [0, 0.05) is 26.0 Å². The summed E-state index contributed by atoms with van der Waals surface area (Å²) >= 11 is 9.41. The fourth-order valence-corrected chi connectivity index (χ4v) is 7.44. The number of aromatic nitrogens is 1. The van der Waals surface area contributed by atoms with Gasteiger partial charge in [0.1, 0.15) is 0 Å². The predicted octanol–water partition coefficient (Wildman–Crippen LogP) is 7.45. The fraction of sp³-hybridized carbons (Fsp3) is 0.229. The van der Waals surface area contributed by atoms with Crippen LogP contribution in [-0.2, 0) is 14.3 Å². The molecule has 0 radical (unpaired) electrons. The molecule has 1 saturated carbocycles. The average Bonchev–Trinajstić information content (AvgIpc) is 3.66. The third-order valence-corrected chi connectivity index (χ3v) is 9.82. The van der Waals surface area contributed by atoms with E-state index < -0.39 is 12.1 Å². The van der Waals surface area contributed by atoms with Crippen molar-refractivity contribution in [2.75, 3.05) is 4.90 Å². The second-order valence-corrected chi connectivity index (χ2v) is 13.0. The summed E-state index contributed by atoms with van der Waals surface area (Å²) < 4.78 is 6.40. The third kappa shape index (κ3) is 4.68. The molecule has 2 aliphatic carbocycles. The quantitative estimate of drug-likeness (QED) is 0.0917. The topological polar surface area (TPSA) is 93.6 Å². The molecular formula is C35H26BrClN2O5. The summed E-state index contributed by atoms with van der Waals surface area (Å²) in [6, 6.07) is 20.5. The fourth-order valence-electron chi connectivity index (χ4n) is 6.95. The first-order chi connectivity index (χ1) is 21.1. The Kier molecular flexibility index (Phi) is 7.02. The summed E-state index contributed by atoms with van der Waals surface area (Å²) in [4.78, 5) is 59.3. The Labute approximate surface area is 267 Å². The van der Waals surface area contributed by atoms with Crippen LogP contribution >= 0.6 is 27.5 Å². The van der Waals surface area contributed by atoms with Crippen LogP contribution < -0.4 is 4.90 Å². The molecule has 220 valence electrons. The number of fused-ring (bicyclic) bond motifs is 6. The first kappa shape index (κ1) is 28.6. The highest BCUT2D eigenvalue weighted by Gasteiger charge is 2.60. The summed E-state index contributed by atoms with van der Waals surface area (Å²) in [5.74, 6) is -1.55. The zero-order chi connectivity index (χ0) is 30.9. The smallest absolute Gasteiger partial charge is 0.339 e. The number of rotatable bonds is 6. The molecule has 2 amide bonds. The SMILES string of the molecule is CC1=CC2CC1C1C(=O)N(c3ccc(-c4cc(C(=O)OC(C)C(=O)c5ccc(Cl)cc5)c5cc(Br)ccc5n4)cc3)C(=O)C21. The van der Waals surface area contributed by atoms with Gasteiger partial charge >= 0.3 is 5.97 Å². The van der Waals surface area contributed by atoms with Gasteiger partial charge < -0.3 is 4.74 Å². The second-order valence-electron chi connectivity index (χ2n) is 11.7. The van der Waals surface area contributed by atoms with Crippen molar-refractivity contribution < 1.29 is 23.9 Å². The van der Waals surface area contributed by atoms with E-state index in [1.807, 2.05) is 13.0 Å². The Bertz CT molecular complexity index is 1920. The van der Waals surface area contributed by atoms with Crippen LogP contribution in [0.2, 0.25) is 5.02 Å². The minimum Gasteiger partial charge on any atom is -0.451 e. The van der Waals surface area contributed by atoms with Crippen LogP contribution in [0.4, 0.5) is 5.69 Å². The Balaban J connectivity index is 1.17. The number of hydrogen-bond acceptors (Lipinski definition) is 6. The standard InChI is InChI=1S/C35H26BrClN2O5/c1-17-13-21-14-25(17)31-30(21)33(41)39(34(31)42)24-10-5-19(6-11-24)29-16-27(26-15-22(36)7-12-28(26)38-29)35(43)44-18(2)32(40)20-3-8-23(37)9-4-20/h3-13,15-16,18,21,25,30-31H,14H2,1-2H3. The molecule has 2 bridgehead atoms. The Morgan fingerprint density at radius 3 is 2.41 bits per heavy atom. The van der Waals surface area contributed by atoms with Gasteiger partial charge in [-0.3, -0.25) is 19.3 Å². The van der Waals surface area contributed by atoms with Gasteiger partial charge in [-0.25, -0.2) is 9.78 Å². The van der Waals surface area contributed by atoms with Crippen molar-refractivity contribution in [2.45, 2.75) is 26.4 Å². The molecule has 3 aliphatic rings. The maximum Gasteiger partial charge on any atom is 0.339 e. The van der Waals surface area contributed by atoms with Crippen molar-refractivity contribution >= 4 is 67.7 Å². The van der Waals surface area contributed by atoms with Gasteiger partial charge in [0.15, 0.2) is 6.10 Å². The molecule has 1 aromatic heterocycles. The van der Waals surface area contributed by atoms with E-state index >= 15 is 0 Å². The van der Waals surface area contributed by atoms with Crippen LogP contribution in [0.1, 0.15) is 41.0 Å². The summed E-state index contributed by atoms with van der Waals surface area (Å²) in [7, 11) is 0. The molecule has 44 heavy (non-hydrogen) atoms. The number of anilines is 1. The number of amides is 2. The zero-order valence-corrected chi connectivity index (χ0v) is 26.1. The lowest BCUT2D eigenvalue weighted by Crippen LogP contribution is -2.32. The minimum atomic E-state index is -1.04. The van der Waals surface area contributed by atoms with Gasteiger partial charge in [-0.2, -0.15) is 0 Å². The van der Waals surface area contributed by atoms with E-state index in [0.29, 0.717) is 38.4 Å². The molecule has 2 fully saturated rings. The minimum absolute atomic E-state index is 0.130. The molecule has 5 atom stereocenters. The first-order valence-electron chi connectivity index (χ1n) is 14.4. The number of ketones is 1. The molecule has 0 spiro atoms. The number of esters is 1. The number of allylic oxidation sites excluding steroid dienone is 2. The Morgan fingerprint density at radius 1 is 0.977 bits per heavy atom.